The summed E-state index contributed by atoms with van der Waals surface area (Å²) in [5.74, 6) is 5.30. The van der Waals surface area contributed by atoms with Gasteiger partial charge in [-0.15, -0.1) is 0 Å². The van der Waals surface area contributed by atoms with E-state index in [0.717, 1.165) is 11.1 Å². The molecule has 0 bridgehead atoms. The van der Waals surface area contributed by atoms with Gasteiger partial charge in [-0.2, -0.15) is 0 Å². The first-order valence-electron chi connectivity index (χ1n) is 7.08. The molecule has 1 aromatic carbocycles. The average molecular weight is 287 g/mol. The van der Waals surface area contributed by atoms with E-state index >= 15 is 0 Å². The molecule has 0 aliphatic rings. The molecule has 1 amide bonds. The summed E-state index contributed by atoms with van der Waals surface area (Å²) in [6, 6.07) is 3.92. The maximum atomic E-state index is 10.8. The Labute approximate surface area is 127 Å². The molecule has 0 aliphatic carbocycles. The van der Waals surface area contributed by atoms with Crippen LogP contribution in [0.4, 0.5) is 0 Å². The van der Waals surface area contributed by atoms with Gasteiger partial charge in [-0.3, -0.25) is 4.79 Å². The van der Waals surface area contributed by atoms with E-state index < -0.39 is 5.91 Å². The molecule has 3 heteroatoms. The van der Waals surface area contributed by atoms with E-state index in [9.17, 15) is 9.90 Å². The monoisotopic (exact) mass is 287 g/mol. The van der Waals surface area contributed by atoms with Crippen molar-refractivity contribution in [3.63, 3.8) is 0 Å². The molecular formula is C18H25NO2. The molecule has 1 aromatic rings. The lowest BCUT2D eigenvalue weighted by Crippen LogP contribution is -2.17. The highest BCUT2D eigenvalue weighted by Crippen LogP contribution is 2.37. The summed E-state index contributed by atoms with van der Waals surface area (Å²) >= 11 is 0. The molecule has 0 saturated carbocycles. The Hall–Kier alpha value is -1.95. The van der Waals surface area contributed by atoms with Crippen LogP contribution in [0.2, 0.25) is 0 Å². The number of carbonyl (C=O) groups is 1. The number of hydrogen-bond donors (Lipinski definition) is 2. The number of phenolic OH excluding ortho intramolecular Hbond substituents is 1. The molecule has 0 heterocycles. The summed E-state index contributed by atoms with van der Waals surface area (Å²) in [5.41, 5.74) is 7.37. The fraction of sp³-hybridized carbons (Fsp3) is 0.500. The van der Waals surface area contributed by atoms with E-state index in [2.05, 4.69) is 53.4 Å². The van der Waals surface area contributed by atoms with E-state index in [-0.39, 0.29) is 23.0 Å². The van der Waals surface area contributed by atoms with Crippen molar-refractivity contribution in [3.05, 3.63) is 28.8 Å². The lowest BCUT2D eigenvalue weighted by molar-refractivity contribution is -0.117. The Balaban J connectivity index is 3.48. The summed E-state index contributed by atoms with van der Waals surface area (Å²) < 4.78 is 0. The minimum atomic E-state index is -0.468. The fourth-order valence-electron chi connectivity index (χ4n) is 1.96. The van der Waals surface area contributed by atoms with Crippen LogP contribution in [0.25, 0.3) is 0 Å². The third-order valence-corrected chi connectivity index (χ3v) is 3.27. The standard InChI is InChI=1S/C18H25NO2/c1-17(2,3)13-10-12(8-7-9-15(19)20)16(21)14(11-13)18(4,5)6/h10-11,21H,9H2,1-6H3,(H2,19,20). The second-order valence-electron chi connectivity index (χ2n) is 7.36. The van der Waals surface area contributed by atoms with E-state index in [1.54, 1.807) is 0 Å². The molecule has 0 atom stereocenters. The summed E-state index contributed by atoms with van der Waals surface area (Å²) in [5, 5.41) is 10.5. The lowest BCUT2D eigenvalue weighted by Gasteiger charge is -2.26. The van der Waals surface area contributed by atoms with Gasteiger partial charge in [0.1, 0.15) is 5.75 Å². The predicted molar refractivity (Wildman–Crippen MR) is 86.2 cm³/mol. The number of primary amides is 1. The number of rotatable bonds is 1. The van der Waals surface area contributed by atoms with Crippen LogP contribution in [-0.2, 0) is 15.6 Å². The van der Waals surface area contributed by atoms with E-state index in [1.165, 1.54) is 0 Å². The number of aromatic hydroxyl groups is 1. The van der Waals surface area contributed by atoms with Gasteiger partial charge in [-0.1, -0.05) is 59.4 Å². The number of amides is 1. The Morgan fingerprint density at radius 2 is 1.71 bits per heavy atom. The second kappa shape index (κ2) is 5.81. The molecule has 21 heavy (non-hydrogen) atoms. The van der Waals surface area contributed by atoms with E-state index in [4.69, 9.17) is 5.73 Å². The fourth-order valence-corrected chi connectivity index (χ4v) is 1.96. The van der Waals surface area contributed by atoms with Crippen LogP contribution in [0.3, 0.4) is 0 Å². The van der Waals surface area contributed by atoms with Crippen molar-refractivity contribution in [2.24, 2.45) is 5.73 Å². The zero-order valence-corrected chi connectivity index (χ0v) is 13.8. The number of benzene rings is 1. The highest BCUT2D eigenvalue weighted by molar-refractivity contribution is 5.76. The number of hydrogen-bond acceptors (Lipinski definition) is 2. The van der Waals surface area contributed by atoms with Crippen molar-refractivity contribution in [2.45, 2.75) is 58.8 Å². The van der Waals surface area contributed by atoms with Crippen LogP contribution in [0.15, 0.2) is 12.1 Å². The van der Waals surface area contributed by atoms with Crippen LogP contribution in [0.5, 0.6) is 5.75 Å². The average Bonchev–Trinajstić information content (AvgIpc) is 2.27. The maximum absolute atomic E-state index is 10.8. The van der Waals surface area contributed by atoms with Crippen molar-refractivity contribution < 1.29 is 9.90 Å². The SMILES string of the molecule is CC(C)(C)c1cc(C#CCC(N)=O)c(O)c(C(C)(C)C)c1. The molecule has 3 N–H and O–H groups in total. The third kappa shape index (κ3) is 4.53. The van der Waals surface area contributed by atoms with Crippen molar-refractivity contribution in [1.29, 1.82) is 0 Å². The molecule has 0 spiro atoms. The first-order chi connectivity index (χ1) is 9.43. The van der Waals surface area contributed by atoms with Gasteiger partial charge in [-0.05, 0) is 22.5 Å². The highest BCUT2D eigenvalue weighted by Gasteiger charge is 2.24. The summed E-state index contributed by atoms with van der Waals surface area (Å²) in [7, 11) is 0. The van der Waals surface area contributed by atoms with E-state index in [0.29, 0.717) is 5.56 Å². The molecule has 0 saturated heterocycles. The summed E-state index contributed by atoms with van der Waals surface area (Å²) in [4.78, 5) is 10.8. The zero-order chi connectivity index (χ0) is 16.4. The van der Waals surface area contributed by atoms with Crippen molar-refractivity contribution in [2.75, 3.05) is 0 Å². The van der Waals surface area contributed by atoms with Gasteiger partial charge in [0.15, 0.2) is 0 Å². The van der Waals surface area contributed by atoms with Crippen LogP contribution in [0, 0.1) is 11.8 Å². The van der Waals surface area contributed by atoms with Crippen molar-refractivity contribution in [3.8, 4) is 17.6 Å². The van der Waals surface area contributed by atoms with Crippen LogP contribution >= 0.6 is 0 Å². The molecule has 0 fully saturated rings. The Morgan fingerprint density at radius 3 is 2.14 bits per heavy atom. The maximum Gasteiger partial charge on any atom is 0.229 e. The van der Waals surface area contributed by atoms with Crippen LogP contribution in [0.1, 0.15) is 64.7 Å². The lowest BCUT2D eigenvalue weighted by atomic mass is 9.79. The van der Waals surface area contributed by atoms with Gasteiger partial charge in [-0.25, -0.2) is 0 Å². The number of nitrogens with two attached hydrogens (primary N) is 1. The molecule has 1 rings (SSSR count). The molecule has 0 unspecified atom stereocenters. The normalized spacial score (nSPS) is 11.7. The molecule has 0 aliphatic heterocycles. The predicted octanol–water partition coefficient (Wildman–Crippen LogP) is 3.21. The molecule has 0 aromatic heterocycles. The smallest absolute Gasteiger partial charge is 0.229 e. The van der Waals surface area contributed by atoms with Gasteiger partial charge in [0.25, 0.3) is 0 Å². The topological polar surface area (TPSA) is 63.3 Å². The first-order valence-corrected chi connectivity index (χ1v) is 7.08. The van der Waals surface area contributed by atoms with Crippen molar-refractivity contribution in [1.82, 2.24) is 0 Å². The van der Waals surface area contributed by atoms with Gasteiger partial charge in [0, 0.05) is 5.56 Å². The number of carbonyl (C=O) groups excluding carboxylic acids is 1. The van der Waals surface area contributed by atoms with Crippen LogP contribution in [-0.4, -0.2) is 11.0 Å². The van der Waals surface area contributed by atoms with Gasteiger partial charge < -0.3 is 10.8 Å². The molecule has 0 radical (unpaired) electrons. The Bertz CT molecular complexity index is 605. The summed E-state index contributed by atoms with van der Waals surface area (Å²) in [6.07, 6.45) is -0.00988. The number of phenols is 1. The van der Waals surface area contributed by atoms with Crippen LogP contribution < -0.4 is 5.73 Å². The quantitative estimate of drug-likeness (QED) is 0.779. The summed E-state index contributed by atoms with van der Waals surface area (Å²) in [6.45, 7) is 12.5. The first kappa shape index (κ1) is 17.1. The van der Waals surface area contributed by atoms with E-state index in [1.807, 2.05) is 12.1 Å². The molecule has 3 nitrogen and oxygen atoms in total. The molecular weight excluding hydrogens is 262 g/mol. The van der Waals surface area contributed by atoms with Gasteiger partial charge in [0.2, 0.25) is 5.91 Å². The molecule has 114 valence electrons. The van der Waals surface area contributed by atoms with Gasteiger partial charge in [0.05, 0.1) is 12.0 Å². The minimum Gasteiger partial charge on any atom is -0.506 e. The second-order valence-corrected chi connectivity index (χ2v) is 7.36. The Kier molecular flexibility index (Phi) is 4.73. The third-order valence-electron chi connectivity index (χ3n) is 3.27. The van der Waals surface area contributed by atoms with Crippen molar-refractivity contribution >= 4 is 5.91 Å². The minimum absolute atomic E-state index is 0.00988. The highest BCUT2D eigenvalue weighted by atomic mass is 16.3. The Morgan fingerprint density at radius 1 is 1.14 bits per heavy atom. The zero-order valence-electron chi connectivity index (χ0n) is 13.8. The van der Waals surface area contributed by atoms with Gasteiger partial charge >= 0.3 is 0 Å². The largest absolute Gasteiger partial charge is 0.506 e.